The van der Waals surface area contributed by atoms with Crippen LogP contribution in [0.3, 0.4) is 0 Å². The Morgan fingerprint density at radius 2 is 2.33 bits per heavy atom. The quantitative estimate of drug-likeness (QED) is 0.689. The molecule has 4 heteroatoms. The zero-order valence-electron chi connectivity index (χ0n) is 8.39. The van der Waals surface area contributed by atoms with Gasteiger partial charge in [-0.1, -0.05) is 12.1 Å². The highest BCUT2D eigenvalue weighted by atomic mass is 127. The first-order valence-electron chi connectivity index (χ1n) is 4.47. The van der Waals surface area contributed by atoms with Crippen molar-refractivity contribution in [2.24, 2.45) is 10.7 Å². The molecule has 0 unspecified atom stereocenters. The molecule has 78 valence electrons. The van der Waals surface area contributed by atoms with Gasteiger partial charge < -0.3 is 5.73 Å². The second-order valence-corrected chi connectivity index (χ2v) is 3.85. The molecule has 1 aromatic rings. The topological polar surface area (TPSA) is 51.3 Å². The molecule has 0 aliphatic rings. The fraction of sp³-hybridized carbons (Fsp3) is 0.0909. The highest BCUT2D eigenvalue weighted by molar-refractivity contribution is 14.1. The van der Waals surface area contributed by atoms with Crippen LogP contribution in [0.4, 0.5) is 0 Å². The zero-order valence-corrected chi connectivity index (χ0v) is 10.5. The minimum absolute atomic E-state index is 0.789. The van der Waals surface area contributed by atoms with Gasteiger partial charge in [0.25, 0.3) is 0 Å². The summed E-state index contributed by atoms with van der Waals surface area (Å²) in [5, 5.41) is 0. The minimum Gasteiger partial charge on any atom is -0.404 e. The van der Waals surface area contributed by atoms with E-state index < -0.39 is 0 Å². The molecule has 0 aliphatic heterocycles. The van der Waals surface area contributed by atoms with E-state index in [0.717, 1.165) is 15.0 Å². The average molecular weight is 313 g/mol. The minimum atomic E-state index is 0.789. The molecule has 1 heterocycles. The first-order chi connectivity index (χ1) is 7.29. The molecule has 0 aliphatic carbocycles. The van der Waals surface area contributed by atoms with Gasteiger partial charge >= 0.3 is 0 Å². The van der Waals surface area contributed by atoms with Crippen LogP contribution >= 0.6 is 22.6 Å². The van der Waals surface area contributed by atoms with E-state index in [2.05, 4.69) is 32.6 Å². The van der Waals surface area contributed by atoms with Gasteiger partial charge in [-0.3, -0.25) is 9.98 Å². The number of nitrogens with zero attached hydrogens (tertiary/aromatic N) is 2. The van der Waals surface area contributed by atoms with Crippen LogP contribution in [-0.4, -0.2) is 10.7 Å². The Labute approximate surface area is 103 Å². The van der Waals surface area contributed by atoms with E-state index in [1.165, 1.54) is 6.20 Å². The van der Waals surface area contributed by atoms with Crippen LogP contribution in [-0.2, 0) is 0 Å². The monoisotopic (exact) mass is 313 g/mol. The molecule has 0 saturated carbocycles. The Bertz CT molecular complexity index is 394. The van der Waals surface area contributed by atoms with E-state index in [1.807, 2.05) is 31.2 Å². The Morgan fingerprint density at radius 1 is 1.53 bits per heavy atom. The summed E-state index contributed by atoms with van der Waals surface area (Å²) in [7, 11) is 0. The van der Waals surface area contributed by atoms with E-state index in [0.29, 0.717) is 0 Å². The average Bonchev–Trinajstić information content (AvgIpc) is 2.30. The first kappa shape index (κ1) is 11.9. The van der Waals surface area contributed by atoms with Crippen molar-refractivity contribution < 1.29 is 0 Å². The Hall–Kier alpha value is -1.17. The Balaban J connectivity index is 3.13. The maximum atomic E-state index is 5.48. The Kier molecular flexibility index (Phi) is 5.03. The van der Waals surface area contributed by atoms with Crippen LogP contribution in [0.5, 0.6) is 0 Å². The van der Waals surface area contributed by atoms with Crippen LogP contribution < -0.4 is 5.73 Å². The number of rotatable bonds is 3. The maximum Gasteiger partial charge on any atom is 0.103 e. The summed E-state index contributed by atoms with van der Waals surface area (Å²) in [6.45, 7) is 1.92. The Morgan fingerprint density at radius 3 is 2.87 bits per heavy atom. The van der Waals surface area contributed by atoms with E-state index in [4.69, 9.17) is 5.73 Å². The molecule has 0 amide bonds. The number of aliphatic imine (C=N–C) groups is 1. The molecule has 15 heavy (non-hydrogen) atoms. The van der Waals surface area contributed by atoms with Crippen molar-refractivity contribution in [3.63, 3.8) is 0 Å². The van der Waals surface area contributed by atoms with Crippen molar-refractivity contribution in [3.05, 3.63) is 52.1 Å². The van der Waals surface area contributed by atoms with Crippen molar-refractivity contribution in [2.45, 2.75) is 6.92 Å². The molecule has 0 fully saturated rings. The lowest BCUT2D eigenvalue weighted by atomic mass is 10.2. The highest BCUT2D eigenvalue weighted by Crippen LogP contribution is 2.13. The summed E-state index contributed by atoms with van der Waals surface area (Å²) in [6.07, 6.45) is 6.86. The van der Waals surface area contributed by atoms with E-state index in [-0.39, 0.29) is 0 Å². The fourth-order valence-corrected chi connectivity index (χ4v) is 1.40. The van der Waals surface area contributed by atoms with E-state index in [9.17, 15) is 0 Å². The van der Waals surface area contributed by atoms with Gasteiger partial charge in [-0.25, -0.2) is 0 Å². The summed E-state index contributed by atoms with van der Waals surface area (Å²) in [4.78, 5) is 8.54. The number of hydrogen-bond acceptors (Lipinski definition) is 3. The lowest BCUT2D eigenvalue weighted by Crippen LogP contribution is -2.04. The second-order valence-electron chi connectivity index (χ2n) is 2.69. The van der Waals surface area contributed by atoms with Crippen molar-refractivity contribution in [2.75, 3.05) is 0 Å². The highest BCUT2D eigenvalue weighted by Gasteiger charge is 2.06. The summed E-state index contributed by atoms with van der Waals surface area (Å²) in [5.41, 5.74) is 7.09. The third-order valence-electron chi connectivity index (χ3n) is 1.63. The number of allylic oxidation sites excluding steroid dienone is 2. The van der Waals surface area contributed by atoms with Crippen LogP contribution in [0, 0.1) is 0 Å². The molecule has 0 aromatic carbocycles. The zero-order chi connectivity index (χ0) is 11.1. The van der Waals surface area contributed by atoms with Crippen molar-refractivity contribution in [1.82, 2.24) is 4.98 Å². The summed E-state index contributed by atoms with van der Waals surface area (Å²) in [5.74, 6) is 0. The number of pyridine rings is 1. The van der Waals surface area contributed by atoms with Gasteiger partial charge in [0, 0.05) is 18.6 Å². The fourth-order valence-electron chi connectivity index (χ4n) is 0.981. The van der Waals surface area contributed by atoms with Gasteiger partial charge in [0.1, 0.15) is 5.71 Å². The lowest BCUT2D eigenvalue weighted by Gasteiger charge is -2.02. The molecule has 0 spiro atoms. The molecule has 0 saturated heterocycles. The van der Waals surface area contributed by atoms with Gasteiger partial charge in [-0.15, -0.1) is 0 Å². The van der Waals surface area contributed by atoms with Gasteiger partial charge in [-0.2, -0.15) is 0 Å². The van der Waals surface area contributed by atoms with Gasteiger partial charge in [0.15, 0.2) is 0 Å². The third-order valence-corrected chi connectivity index (χ3v) is 2.50. The van der Waals surface area contributed by atoms with E-state index >= 15 is 0 Å². The number of halogens is 1. The first-order valence-corrected chi connectivity index (χ1v) is 5.55. The van der Waals surface area contributed by atoms with Crippen molar-refractivity contribution in [1.29, 1.82) is 0 Å². The molecular formula is C11H12IN3. The second kappa shape index (κ2) is 6.34. The molecular weight excluding hydrogens is 301 g/mol. The molecule has 3 nitrogen and oxygen atoms in total. The predicted molar refractivity (Wildman–Crippen MR) is 71.9 cm³/mol. The summed E-state index contributed by atoms with van der Waals surface area (Å²) in [6, 6.07) is 5.70. The number of nitrogens with two attached hydrogens (primary N) is 1. The van der Waals surface area contributed by atoms with Crippen LogP contribution in [0.15, 0.2) is 51.4 Å². The van der Waals surface area contributed by atoms with Gasteiger partial charge in [0.2, 0.25) is 0 Å². The predicted octanol–water partition coefficient (Wildman–Crippen LogP) is 2.64. The van der Waals surface area contributed by atoms with Crippen molar-refractivity contribution >= 4 is 28.3 Å². The summed E-state index contributed by atoms with van der Waals surface area (Å²) >= 11 is 2.14. The third kappa shape index (κ3) is 3.47. The summed E-state index contributed by atoms with van der Waals surface area (Å²) < 4.78 is 0.879. The molecule has 1 aromatic heterocycles. The molecule has 0 atom stereocenters. The standard InChI is InChI=1S/C11H12IN3/c1-2-6-15-11(9(12)8-13)10-5-3-4-7-14-10/h2-8H,13H2,1H3/b6-2-,9-8+,15-11+. The smallest absolute Gasteiger partial charge is 0.103 e. The number of hydrogen-bond donors (Lipinski definition) is 1. The van der Waals surface area contributed by atoms with Crippen molar-refractivity contribution in [3.8, 4) is 0 Å². The lowest BCUT2D eigenvalue weighted by molar-refractivity contribution is 1.28. The largest absolute Gasteiger partial charge is 0.404 e. The maximum absolute atomic E-state index is 5.48. The van der Waals surface area contributed by atoms with Crippen LogP contribution in [0.25, 0.3) is 0 Å². The molecule has 0 radical (unpaired) electrons. The molecule has 2 N–H and O–H groups in total. The molecule has 1 rings (SSSR count). The van der Waals surface area contributed by atoms with Crippen LogP contribution in [0.1, 0.15) is 12.6 Å². The SMILES string of the molecule is C\C=C/N=C(\C(I)=C/N)c1ccccn1. The molecule has 0 bridgehead atoms. The van der Waals surface area contributed by atoms with E-state index in [1.54, 1.807) is 12.4 Å². The normalized spacial score (nSPS) is 13.5. The van der Waals surface area contributed by atoms with Gasteiger partial charge in [0.05, 0.1) is 9.27 Å². The number of aromatic nitrogens is 1. The van der Waals surface area contributed by atoms with Crippen LogP contribution in [0.2, 0.25) is 0 Å². The van der Waals surface area contributed by atoms with Gasteiger partial charge in [-0.05, 0) is 41.6 Å².